The van der Waals surface area contributed by atoms with Crippen molar-refractivity contribution in [3.05, 3.63) is 30.6 Å². The van der Waals surface area contributed by atoms with E-state index in [1.54, 1.807) is 6.08 Å². The van der Waals surface area contributed by atoms with Gasteiger partial charge in [-0.25, -0.2) is 9.97 Å². The van der Waals surface area contributed by atoms with Gasteiger partial charge in [0.25, 0.3) is 5.91 Å². The van der Waals surface area contributed by atoms with Crippen molar-refractivity contribution in [2.45, 2.75) is 0 Å². The maximum absolute atomic E-state index is 11.7. The lowest BCUT2D eigenvalue weighted by molar-refractivity contribution is 0.0398. The van der Waals surface area contributed by atoms with E-state index in [4.69, 9.17) is 4.74 Å². The van der Waals surface area contributed by atoms with Crippen molar-refractivity contribution < 1.29 is 9.53 Å². The van der Waals surface area contributed by atoms with Gasteiger partial charge in [0.2, 0.25) is 5.95 Å². The number of carbonyl (C=O) groups excluding carboxylic acids is 1. The highest BCUT2D eigenvalue weighted by atomic mass is 16.5. The van der Waals surface area contributed by atoms with Crippen molar-refractivity contribution in [2.75, 3.05) is 51.3 Å². The summed E-state index contributed by atoms with van der Waals surface area (Å²) in [6.45, 7) is 9.18. The van der Waals surface area contributed by atoms with Crippen molar-refractivity contribution in [3.8, 4) is 0 Å². The molecule has 1 amide bonds. The van der Waals surface area contributed by atoms with Crippen LogP contribution in [-0.2, 0) is 4.74 Å². The van der Waals surface area contributed by atoms with Gasteiger partial charge in [0.15, 0.2) is 0 Å². The van der Waals surface area contributed by atoms with E-state index in [0.717, 1.165) is 39.4 Å². The molecule has 7 heteroatoms. The van der Waals surface area contributed by atoms with Crippen LogP contribution in [0.2, 0.25) is 0 Å². The number of morpholine rings is 1. The Labute approximate surface area is 124 Å². The van der Waals surface area contributed by atoms with E-state index in [1.807, 2.05) is 0 Å². The van der Waals surface area contributed by atoms with Crippen LogP contribution in [0, 0.1) is 0 Å². The van der Waals surface area contributed by atoms with Crippen LogP contribution in [-0.4, -0.2) is 66.7 Å². The highest BCUT2D eigenvalue weighted by Gasteiger charge is 2.10. The molecule has 0 radical (unpaired) electrons. The van der Waals surface area contributed by atoms with E-state index in [2.05, 4.69) is 32.1 Å². The fourth-order valence-corrected chi connectivity index (χ4v) is 1.95. The molecule has 2 rings (SSSR count). The molecular weight excluding hydrogens is 270 g/mol. The number of anilines is 1. The van der Waals surface area contributed by atoms with E-state index in [-0.39, 0.29) is 5.91 Å². The summed E-state index contributed by atoms with van der Waals surface area (Å²) < 4.78 is 5.30. The molecule has 2 N–H and O–H groups in total. The van der Waals surface area contributed by atoms with Gasteiger partial charge >= 0.3 is 0 Å². The zero-order valence-corrected chi connectivity index (χ0v) is 12.0. The Kier molecular flexibility index (Phi) is 6.11. The van der Waals surface area contributed by atoms with Gasteiger partial charge in [-0.3, -0.25) is 9.69 Å². The standard InChI is InChI=1S/C14H21N5O2/c1-2-3-15-13(20)12-10-17-14(18-11-12)16-4-5-19-6-8-21-9-7-19/h2,10-11H,1,3-9H2,(H,15,20)(H,16,17,18). The Balaban J connectivity index is 1.74. The Morgan fingerprint density at radius 3 is 2.76 bits per heavy atom. The molecule has 21 heavy (non-hydrogen) atoms. The number of amides is 1. The normalized spacial score (nSPS) is 15.4. The number of nitrogens with one attached hydrogen (secondary N) is 2. The van der Waals surface area contributed by atoms with Gasteiger partial charge in [0, 0.05) is 45.1 Å². The molecule has 0 aromatic carbocycles. The molecule has 1 fully saturated rings. The fourth-order valence-electron chi connectivity index (χ4n) is 1.95. The molecule has 1 aliphatic rings. The topological polar surface area (TPSA) is 79.4 Å². The molecule has 0 bridgehead atoms. The van der Waals surface area contributed by atoms with Crippen molar-refractivity contribution in [1.82, 2.24) is 20.2 Å². The summed E-state index contributed by atoms with van der Waals surface area (Å²) in [6, 6.07) is 0. The molecule has 1 aromatic heterocycles. The van der Waals surface area contributed by atoms with Gasteiger partial charge in [-0.05, 0) is 0 Å². The lowest BCUT2D eigenvalue weighted by atomic mass is 10.3. The first-order valence-corrected chi connectivity index (χ1v) is 7.04. The largest absolute Gasteiger partial charge is 0.379 e. The summed E-state index contributed by atoms with van der Waals surface area (Å²) in [5.41, 5.74) is 0.440. The third-order valence-electron chi connectivity index (χ3n) is 3.14. The highest BCUT2D eigenvalue weighted by molar-refractivity contribution is 5.93. The van der Waals surface area contributed by atoms with Crippen molar-refractivity contribution >= 4 is 11.9 Å². The quantitative estimate of drug-likeness (QED) is 0.696. The molecule has 7 nitrogen and oxygen atoms in total. The summed E-state index contributed by atoms with van der Waals surface area (Å²) in [7, 11) is 0. The monoisotopic (exact) mass is 291 g/mol. The minimum atomic E-state index is -0.199. The van der Waals surface area contributed by atoms with Crippen molar-refractivity contribution in [2.24, 2.45) is 0 Å². The molecule has 114 valence electrons. The number of ether oxygens (including phenoxy) is 1. The van der Waals surface area contributed by atoms with Gasteiger partial charge in [-0.15, -0.1) is 6.58 Å². The van der Waals surface area contributed by atoms with E-state index in [0.29, 0.717) is 18.1 Å². The van der Waals surface area contributed by atoms with Crippen LogP contribution in [0.15, 0.2) is 25.0 Å². The van der Waals surface area contributed by atoms with Gasteiger partial charge in [0.1, 0.15) is 0 Å². The fraction of sp³-hybridized carbons (Fsp3) is 0.500. The van der Waals surface area contributed by atoms with Crippen molar-refractivity contribution in [3.63, 3.8) is 0 Å². The third kappa shape index (κ3) is 5.13. The number of hydrogen-bond acceptors (Lipinski definition) is 6. The van der Waals surface area contributed by atoms with Crippen LogP contribution in [0.5, 0.6) is 0 Å². The second kappa shape index (κ2) is 8.33. The first-order valence-electron chi connectivity index (χ1n) is 7.04. The number of hydrogen-bond donors (Lipinski definition) is 2. The predicted molar refractivity (Wildman–Crippen MR) is 80.3 cm³/mol. The average molecular weight is 291 g/mol. The smallest absolute Gasteiger partial charge is 0.254 e. The second-order valence-electron chi connectivity index (χ2n) is 4.67. The van der Waals surface area contributed by atoms with E-state index in [1.165, 1.54) is 12.4 Å². The van der Waals surface area contributed by atoms with Crippen LogP contribution < -0.4 is 10.6 Å². The first kappa shape index (κ1) is 15.4. The Morgan fingerprint density at radius 1 is 1.38 bits per heavy atom. The molecule has 0 unspecified atom stereocenters. The molecule has 0 saturated carbocycles. The van der Waals surface area contributed by atoms with Crippen LogP contribution in [0.3, 0.4) is 0 Å². The summed E-state index contributed by atoms with van der Waals surface area (Å²) in [6.07, 6.45) is 4.66. The summed E-state index contributed by atoms with van der Waals surface area (Å²) in [4.78, 5) is 22.3. The van der Waals surface area contributed by atoms with E-state index >= 15 is 0 Å². The number of nitrogens with zero attached hydrogens (tertiary/aromatic N) is 3. The molecular formula is C14H21N5O2. The van der Waals surface area contributed by atoms with Gasteiger partial charge in [-0.2, -0.15) is 0 Å². The minimum absolute atomic E-state index is 0.199. The van der Waals surface area contributed by atoms with E-state index < -0.39 is 0 Å². The van der Waals surface area contributed by atoms with E-state index in [9.17, 15) is 4.79 Å². The molecule has 0 atom stereocenters. The minimum Gasteiger partial charge on any atom is -0.379 e. The zero-order valence-electron chi connectivity index (χ0n) is 12.0. The second-order valence-corrected chi connectivity index (χ2v) is 4.67. The lowest BCUT2D eigenvalue weighted by Gasteiger charge is -2.26. The summed E-state index contributed by atoms with van der Waals surface area (Å²) >= 11 is 0. The zero-order chi connectivity index (χ0) is 14.9. The number of rotatable bonds is 7. The maximum atomic E-state index is 11.7. The third-order valence-corrected chi connectivity index (χ3v) is 3.14. The molecule has 1 aromatic rings. The highest BCUT2D eigenvalue weighted by Crippen LogP contribution is 2.01. The average Bonchev–Trinajstić information content (AvgIpc) is 2.54. The Bertz CT molecular complexity index is 457. The predicted octanol–water partition coefficient (Wildman–Crippen LogP) is 0.137. The Morgan fingerprint density at radius 2 is 2.10 bits per heavy atom. The molecule has 0 aliphatic carbocycles. The van der Waals surface area contributed by atoms with Gasteiger partial charge < -0.3 is 15.4 Å². The lowest BCUT2D eigenvalue weighted by Crippen LogP contribution is -2.39. The molecule has 2 heterocycles. The van der Waals surface area contributed by atoms with Crippen molar-refractivity contribution in [1.29, 1.82) is 0 Å². The summed E-state index contributed by atoms with van der Waals surface area (Å²) in [5, 5.41) is 5.83. The van der Waals surface area contributed by atoms with Gasteiger partial charge in [0.05, 0.1) is 18.8 Å². The summed E-state index contributed by atoms with van der Waals surface area (Å²) in [5.74, 6) is 0.332. The molecule has 1 saturated heterocycles. The maximum Gasteiger partial charge on any atom is 0.254 e. The number of carbonyl (C=O) groups is 1. The first-order chi connectivity index (χ1) is 10.3. The SMILES string of the molecule is C=CCNC(=O)c1cnc(NCCN2CCOCC2)nc1. The van der Waals surface area contributed by atoms with Crippen LogP contribution in [0.25, 0.3) is 0 Å². The number of aromatic nitrogens is 2. The van der Waals surface area contributed by atoms with Crippen LogP contribution in [0.1, 0.15) is 10.4 Å². The molecule has 0 spiro atoms. The van der Waals surface area contributed by atoms with Gasteiger partial charge in [-0.1, -0.05) is 6.08 Å². The van der Waals surface area contributed by atoms with Crippen LogP contribution >= 0.6 is 0 Å². The van der Waals surface area contributed by atoms with Crippen LogP contribution in [0.4, 0.5) is 5.95 Å². The Hall–Kier alpha value is -1.99. The molecule has 1 aliphatic heterocycles.